The van der Waals surface area contributed by atoms with Crippen molar-refractivity contribution in [3.63, 3.8) is 0 Å². The Kier molecular flexibility index (Phi) is 8.67. The Hall–Kier alpha value is -5.32. The van der Waals surface area contributed by atoms with Crippen LogP contribution in [0.25, 0.3) is 11.1 Å². The molecule has 266 valence electrons. The van der Waals surface area contributed by atoms with Gasteiger partial charge in [0.2, 0.25) is 11.8 Å². The van der Waals surface area contributed by atoms with Gasteiger partial charge in [-0.2, -0.15) is 0 Å². The minimum atomic E-state index is -0.626. The third kappa shape index (κ3) is 6.05. The molecule has 4 amide bonds. The van der Waals surface area contributed by atoms with E-state index in [4.69, 9.17) is 0 Å². The van der Waals surface area contributed by atoms with Gasteiger partial charge >= 0.3 is 0 Å². The Morgan fingerprint density at radius 3 is 1.42 bits per heavy atom. The van der Waals surface area contributed by atoms with Crippen LogP contribution in [-0.2, 0) is 35.5 Å². The standard InChI is InChI=1S/C42H42N4O6/c1-25-17-27(21-43-23-29(47)19-39(43)49)9-11-31(25)41(51)45-15-13-35-33(5-3-7-37(35)45)34-6-4-8-38-36(34)14-16-46(38)42(52)32-12-10-28(18-26(32)2)22-44-24-30(48)20-40(44)50/h3-12,17-18,29-30,47-48H,13-16,19-24H2,1-2H3/t29-,30+. The molecular weight excluding hydrogens is 656 g/mol. The molecule has 4 aliphatic rings. The summed E-state index contributed by atoms with van der Waals surface area (Å²) in [5.74, 6) is -0.243. The van der Waals surface area contributed by atoms with Crippen molar-refractivity contribution >= 4 is 35.0 Å². The molecule has 4 aromatic carbocycles. The lowest BCUT2D eigenvalue weighted by Crippen LogP contribution is -2.29. The van der Waals surface area contributed by atoms with E-state index in [1.165, 1.54) is 0 Å². The first kappa shape index (κ1) is 33.8. The molecule has 0 radical (unpaired) electrons. The van der Waals surface area contributed by atoms with Crippen molar-refractivity contribution in [3.8, 4) is 11.1 Å². The number of amides is 4. The summed E-state index contributed by atoms with van der Waals surface area (Å²) >= 11 is 0. The van der Waals surface area contributed by atoms with Crippen LogP contribution in [-0.4, -0.2) is 82.0 Å². The first-order valence-electron chi connectivity index (χ1n) is 18.0. The van der Waals surface area contributed by atoms with Crippen LogP contribution >= 0.6 is 0 Å². The van der Waals surface area contributed by atoms with Gasteiger partial charge in [-0.15, -0.1) is 0 Å². The molecule has 8 rings (SSSR count). The number of aliphatic hydroxyl groups excluding tert-OH is 2. The molecule has 0 bridgehead atoms. The second kappa shape index (κ2) is 13.3. The van der Waals surface area contributed by atoms with E-state index < -0.39 is 12.2 Å². The van der Waals surface area contributed by atoms with Crippen LogP contribution < -0.4 is 9.80 Å². The van der Waals surface area contributed by atoms with Crippen LogP contribution in [0, 0.1) is 13.8 Å². The number of benzene rings is 4. The number of fused-ring (bicyclic) bond motifs is 2. The van der Waals surface area contributed by atoms with Crippen molar-refractivity contribution < 1.29 is 29.4 Å². The predicted octanol–water partition coefficient (Wildman–Crippen LogP) is 4.56. The average Bonchev–Trinajstić information content (AvgIpc) is 3.89. The molecule has 2 saturated heterocycles. The molecule has 0 aliphatic carbocycles. The normalized spacial score (nSPS) is 19.5. The van der Waals surface area contributed by atoms with Gasteiger partial charge in [0, 0.05) is 61.8 Å². The Morgan fingerprint density at radius 1 is 0.635 bits per heavy atom. The lowest BCUT2D eigenvalue weighted by Gasteiger charge is -2.21. The fourth-order valence-corrected chi connectivity index (χ4v) is 8.46. The smallest absolute Gasteiger partial charge is 0.258 e. The number of hydrogen-bond acceptors (Lipinski definition) is 6. The number of carbonyl (C=O) groups excluding carboxylic acids is 4. The molecule has 2 atom stereocenters. The van der Waals surface area contributed by atoms with Gasteiger partial charge in [0.1, 0.15) is 0 Å². The molecular formula is C42H42N4O6. The summed E-state index contributed by atoms with van der Waals surface area (Å²) in [6, 6.07) is 23.6. The first-order chi connectivity index (χ1) is 25.0. The molecule has 0 saturated carbocycles. The number of nitrogens with zero attached hydrogens (tertiary/aromatic N) is 4. The van der Waals surface area contributed by atoms with Gasteiger partial charge in [-0.3, -0.25) is 19.2 Å². The minimum absolute atomic E-state index is 0.0602. The van der Waals surface area contributed by atoms with E-state index >= 15 is 0 Å². The van der Waals surface area contributed by atoms with E-state index in [1.54, 1.807) is 9.80 Å². The van der Waals surface area contributed by atoms with Crippen LogP contribution in [0.5, 0.6) is 0 Å². The predicted molar refractivity (Wildman–Crippen MR) is 197 cm³/mol. The highest BCUT2D eigenvalue weighted by atomic mass is 16.3. The SMILES string of the molecule is Cc1cc(CN2C[C@H](O)CC2=O)ccc1C(=O)N1CCc2c(-c3cccc4c3CCN4C(=O)c3ccc(CN4C[C@@H](O)CC4=O)cc3C)cccc21. The maximum absolute atomic E-state index is 14.0. The highest BCUT2D eigenvalue weighted by Crippen LogP contribution is 2.42. The second-order valence-corrected chi connectivity index (χ2v) is 14.6. The average molecular weight is 699 g/mol. The molecule has 52 heavy (non-hydrogen) atoms. The highest BCUT2D eigenvalue weighted by Gasteiger charge is 2.33. The zero-order valence-electron chi connectivity index (χ0n) is 29.5. The summed E-state index contributed by atoms with van der Waals surface area (Å²) in [7, 11) is 0. The van der Waals surface area contributed by atoms with Crippen molar-refractivity contribution in [1.29, 1.82) is 0 Å². The summed E-state index contributed by atoms with van der Waals surface area (Å²) in [5, 5.41) is 19.7. The second-order valence-electron chi connectivity index (χ2n) is 14.6. The fourth-order valence-electron chi connectivity index (χ4n) is 8.46. The fraction of sp³-hybridized carbons (Fsp3) is 0.333. The molecule has 0 spiro atoms. The largest absolute Gasteiger partial charge is 0.391 e. The maximum atomic E-state index is 14.0. The summed E-state index contributed by atoms with van der Waals surface area (Å²) < 4.78 is 0. The van der Waals surface area contributed by atoms with Gasteiger partial charge in [0.05, 0.1) is 25.0 Å². The Labute approximate surface area is 302 Å². The number of anilines is 2. The lowest BCUT2D eigenvalue weighted by atomic mass is 9.93. The third-order valence-corrected chi connectivity index (χ3v) is 11.0. The van der Waals surface area contributed by atoms with Gasteiger partial charge in [-0.25, -0.2) is 0 Å². The van der Waals surface area contributed by atoms with Crippen LogP contribution in [0.15, 0.2) is 72.8 Å². The molecule has 10 nitrogen and oxygen atoms in total. The quantitative estimate of drug-likeness (QED) is 0.292. The molecule has 4 aliphatic heterocycles. The van der Waals surface area contributed by atoms with Crippen LogP contribution in [0.4, 0.5) is 11.4 Å². The van der Waals surface area contributed by atoms with E-state index in [0.29, 0.717) is 63.2 Å². The number of hydrogen-bond donors (Lipinski definition) is 2. The lowest BCUT2D eigenvalue weighted by molar-refractivity contribution is -0.129. The van der Waals surface area contributed by atoms with E-state index in [2.05, 4.69) is 12.1 Å². The molecule has 2 fully saturated rings. The maximum Gasteiger partial charge on any atom is 0.258 e. The van der Waals surface area contributed by atoms with E-state index in [9.17, 15) is 29.4 Å². The number of likely N-dealkylation sites (tertiary alicyclic amines) is 2. The monoisotopic (exact) mass is 698 g/mol. The Bertz CT molecular complexity index is 1990. The van der Waals surface area contributed by atoms with E-state index in [0.717, 1.165) is 55.9 Å². The third-order valence-electron chi connectivity index (χ3n) is 11.0. The minimum Gasteiger partial charge on any atom is -0.391 e. The van der Waals surface area contributed by atoms with Gasteiger partial charge in [0.25, 0.3) is 11.8 Å². The summed E-state index contributed by atoms with van der Waals surface area (Å²) in [4.78, 5) is 59.4. The van der Waals surface area contributed by atoms with E-state index in [1.807, 2.05) is 84.3 Å². The number of carbonyl (C=O) groups is 4. The van der Waals surface area contributed by atoms with Gasteiger partial charge in [-0.05, 0) is 95.5 Å². The highest BCUT2D eigenvalue weighted by molar-refractivity contribution is 6.10. The topological polar surface area (TPSA) is 122 Å². The molecule has 2 N–H and O–H groups in total. The Balaban J connectivity index is 1.01. The van der Waals surface area contributed by atoms with Crippen molar-refractivity contribution in [2.24, 2.45) is 0 Å². The Morgan fingerprint density at radius 2 is 1.06 bits per heavy atom. The van der Waals surface area contributed by atoms with Crippen LogP contribution in [0.2, 0.25) is 0 Å². The van der Waals surface area contributed by atoms with Crippen molar-refractivity contribution in [2.75, 3.05) is 36.0 Å². The molecule has 0 unspecified atom stereocenters. The number of aliphatic hydroxyl groups is 2. The zero-order valence-corrected chi connectivity index (χ0v) is 29.5. The number of β-amino-alcohol motifs (C(OH)–C–C–N with tert-alkyl or cyclic N) is 2. The van der Waals surface area contributed by atoms with Crippen LogP contribution in [0.1, 0.15) is 66.9 Å². The number of aryl methyl sites for hydroxylation is 2. The van der Waals surface area contributed by atoms with Crippen LogP contribution in [0.3, 0.4) is 0 Å². The summed E-state index contributed by atoms with van der Waals surface area (Å²) in [5.41, 5.74) is 11.0. The van der Waals surface area contributed by atoms with Gasteiger partial charge < -0.3 is 29.8 Å². The summed E-state index contributed by atoms with van der Waals surface area (Å²) in [6.07, 6.45) is 0.486. The number of rotatable bonds is 7. The molecule has 0 aromatic heterocycles. The van der Waals surface area contributed by atoms with Crippen molar-refractivity contribution in [1.82, 2.24) is 9.80 Å². The van der Waals surface area contributed by atoms with Gasteiger partial charge in [-0.1, -0.05) is 48.5 Å². The van der Waals surface area contributed by atoms with Gasteiger partial charge in [0.15, 0.2) is 0 Å². The first-order valence-corrected chi connectivity index (χ1v) is 18.0. The molecule has 10 heteroatoms. The van der Waals surface area contributed by atoms with E-state index in [-0.39, 0.29) is 36.5 Å². The zero-order chi connectivity index (χ0) is 36.3. The van der Waals surface area contributed by atoms with Crippen molar-refractivity contribution in [3.05, 3.63) is 117 Å². The van der Waals surface area contributed by atoms with Crippen molar-refractivity contribution in [2.45, 2.75) is 64.8 Å². The molecule has 4 aromatic rings. The summed E-state index contributed by atoms with van der Waals surface area (Å²) in [6.45, 7) is 6.44. The molecule has 4 heterocycles.